The molecule has 0 bridgehead atoms. The number of carbonyl (C=O) groups is 2. The Bertz CT molecular complexity index is 919. The van der Waals surface area contributed by atoms with Gasteiger partial charge >= 0.3 is 6.36 Å². The Morgan fingerprint density at radius 2 is 1.93 bits per heavy atom. The van der Waals surface area contributed by atoms with Crippen LogP contribution in [-0.4, -0.2) is 29.6 Å². The van der Waals surface area contributed by atoms with Crippen LogP contribution >= 0.6 is 11.6 Å². The summed E-state index contributed by atoms with van der Waals surface area (Å²) in [6.45, 7) is 3.56. The summed E-state index contributed by atoms with van der Waals surface area (Å²) in [6, 6.07) is 6.49. The minimum Gasteiger partial charge on any atom is -0.492 e. The van der Waals surface area contributed by atoms with Crippen LogP contribution in [0, 0.1) is 6.92 Å². The molecule has 0 radical (unpaired) electrons. The fourth-order valence-electron chi connectivity index (χ4n) is 2.48. The van der Waals surface area contributed by atoms with Crippen LogP contribution < -0.4 is 14.8 Å². The highest BCUT2D eigenvalue weighted by Gasteiger charge is 2.31. The highest BCUT2D eigenvalue weighted by Crippen LogP contribution is 2.31. The number of nitrogens with one attached hydrogen (secondary N) is 1. The summed E-state index contributed by atoms with van der Waals surface area (Å²) in [4.78, 5) is 28.1. The fraction of sp³-hybridized carbons (Fsp3) is 0.350. The third-order valence-corrected chi connectivity index (χ3v) is 4.10. The van der Waals surface area contributed by atoms with Crippen LogP contribution in [0.15, 0.2) is 30.3 Å². The highest BCUT2D eigenvalue weighted by molar-refractivity contribution is 6.32. The van der Waals surface area contributed by atoms with Gasteiger partial charge in [-0.25, -0.2) is 4.98 Å². The van der Waals surface area contributed by atoms with Crippen molar-refractivity contribution in [1.29, 1.82) is 0 Å². The number of ether oxygens (including phenoxy) is 2. The number of carbonyl (C=O) groups excluding carboxylic acids is 2. The molecule has 1 N–H and O–H groups in total. The lowest BCUT2D eigenvalue weighted by atomic mass is 10.1. The summed E-state index contributed by atoms with van der Waals surface area (Å²) in [5, 5.41) is 2.58. The van der Waals surface area contributed by atoms with E-state index in [1.165, 1.54) is 12.1 Å². The first-order valence-corrected chi connectivity index (χ1v) is 9.45. The van der Waals surface area contributed by atoms with Gasteiger partial charge in [-0.15, -0.1) is 13.2 Å². The molecule has 10 heteroatoms. The number of aryl methyl sites for hydroxylation is 1. The minimum atomic E-state index is -4.81. The molecule has 1 aromatic heterocycles. The molecule has 0 spiro atoms. The lowest BCUT2D eigenvalue weighted by Crippen LogP contribution is -2.17. The minimum absolute atomic E-state index is 0.0378. The molecular formula is C20H20ClF3N2O4. The van der Waals surface area contributed by atoms with Crippen molar-refractivity contribution in [2.45, 2.75) is 39.5 Å². The standard InChI is InChI=1S/C20H20ClF3N2O4/c1-3-19(28)26-18-10-13(9-12(2)25-18)16(27)5-4-8-29-17-7-6-14(11-15(17)21)30-20(22,23)24/h6-7,9-11H,3-5,8H2,1-2H3,(H,25,26,28). The molecule has 0 fully saturated rings. The molecule has 0 aliphatic rings. The predicted molar refractivity (Wildman–Crippen MR) is 105 cm³/mol. The van der Waals surface area contributed by atoms with Crippen molar-refractivity contribution in [3.63, 3.8) is 0 Å². The molecule has 0 atom stereocenters. The Balaban J connectivity index is 1.88. The zero-order valence-corrected chi connectivity index (χ0v) is 17.1. The van der Waals surface area contributed by atoms with E-state index in [1.54, 1.807) is 19.9 Å². The lowest BCUT2D eigenvalue weighted by Gasteiger charge is -2.12. The van der Waals surface area contributed by atoms with E-state index in [2.05, 4.69) is 15.0 Å². The lowest BCUT2D eigenvalue weighted by molar-refractivity contribution is -0.274. The molecule has 0 unspecified atom stereocenters. The van der Waals surface area contributed by atoms with Gasteiger partial charge in [-0.2, -0.15) is 0 Å². The third kappa shape index (κ3) is 7.55. The Morgan fingerprint density at radius 3 is 2.57 bits per heavy atom. The van der Waals surface area contributed by atoms with Gasteiger partial charge < -0.3 is 14.8 Å². The molecule has 0 aliphatic heterocycles. The molecule has 6 nitrogen and oxygen atoms in total. The average molecular weight is 445 g/mol. The summed E-state index contributed by atoms with van der Waals surface area (Å²) >= 11 is 5.90. The van der Waals surface area contributed by atoms with Gasteiger partial charge in [0.2, 0.25) is 5.91 Å². The van der Waals surface area contributed by atoms with E-state index in [9.17, 15) is 22.8 Å². The van der Waals surface area contributed by atoms with E-state index in [4.69, 9.17) is 16.3 Å². The van der Waals surface area contributed by atoms with Crippen LogP contribution in [0.1, 0.15) is 42.2 Å². The number of hydrogen-bond acceptors (Lipinski definition) is 5. The van der Waals surface area contributed by atoms with Crippen LogP contribution in [-0.2, 0) is 4.79 Å². The first kappa shape index (κ1) is 23.5. The number of ketones is 1. The Kier molecular flexibility index (Phi) is 8.05. The van der Waals surface area contributed by atoms with E-state index in [1.807, 2.05) is 0 Å². The molecule has 30 heavy (non-hydrogen) atoms. The SMILES string of the molecule is CCC(=O)Nc1cc(C(=O)CCCOc2ccc(OC(F)(F)F)cc2Cl)cc(C)n1. The number of Topliss-reactive ketones (excluding diaryl/α,β-unsaturated/α-hetero) is 1. The molecule has 0 aliphatic carbocycles. The van der Waals surface area contributed by atoms with E-state index in [0.717, 1.165) is 12.1 Å². The van der Waals surface area contributed by atoms with Crippen molar-refractivity contribution < 1.29 is 32.2 Å². The third-order valence-electron chi connectivity index (χ3n) is 3.81. The number of anilines is 1. The number of amides is 1. The number of halogens is 4. The smallest absolute Gasteiger partial charge is 0.492 e. The number of pyridine rings is 1. The maximum absolute atomic E-state index is 12.4. The van der Waals surface area contributed by atoms with E-state index in [-0.39, 0.29) is 35.5 Å². The molecule has 0 saturated heterocycles. The average Bonchev–Trinajstić information content (AvgIpc) is 2.64. The van der Waals surface area contributed by atoms with Crippen molar-refractivity contribution in [2.24, 2.45) is 0 Å². The van der Waals surface area contributed by atoms with Gasteiger partial charge in [0.15, 0.2) is 5.78 Å². The Morgan fingerprint density at radius 1 is 1.20 bits per heavy atom. The van der Waals surface area contributed by atoms with Crippen LogP contribution in [0.3, 0.4) is 0 Å². The zero-order valence-electron chi connectivity index (χ0n) is 16.3. The molecule has 2 aromatic rings. The summed E-state index contributed by atoms with van der Waals surface area (Å²) in [7, 11) is 0. The first-order valence-electron chi connectivity index (χ1n) is 9.07. The van der Waals surface area contributed by atoms with Gasteiger partial charge in [-0.3, -0.25) is 9.59 Å². The molecule has 162 valence electrons. The first-order chi connectivity index (χ1) is 14.1. The van der Waals surface area contributed by atoms with E-state index < -0.39 is 12.1 Å². The fourth-order valence-corrected chi connectivity index (χ4v) is 2.70. The number of rotatable bonds is 9. The molecule has 0 saturated carbocycles. The second-order valence-corrected chi connectivity index (χ2v) is 6.71. The van der Waals surface area contributed by atoms with Gasteiger partial charge in [0.1, 0.15) is 17.3 Å². The van der Waals surface area contributed by atoms with Crippen molar-refractivity contribution in [3.8, 4) is 11.5 Å². The normalized spacial score (nSPS) is 11.1. The Hall–Kier alpha value is -2.81. The molecule has 1 aromatic carbocycles. The number of nitrogens with zero attached hydrogens (tertiary/aromatic N) is 1. The molecule has 1 heterocycles. The van der Waals surface area contributed by atoms with Gasteiger partial charge in [0, 0.05) is 30.2 Å². The van der Waals surface area contributed by atoms with Crippen molar-refractivity contribution in [3.05, 3.63) is 46.6 Å². The van der Waals surface area contributed by atoms with Crippen molar-refractivity contribution >= 4 is 29.1 Å². The number of alkyl halides is 3. The topological polar surface area (TPSA) is 77.5 Å². The largest absolute Gasteiger partial charge is 0.573 e. The van der Waals surface area contributed by atoms with Crippen LogP contribution in [0.4, 0.5) is 19.0 Å². The number of benzene rings is 1. The predicted octanol–water partition coefficient (Wildman–Crippen LogP) is 5.33. The van der Waals surface area contributed by atoms with Gasteiger partial charge in [0.05, 0.1) is 11.6 Å². The molecule has 1 amide bonds. The number of hydrogen-bond donors (Lipinski definition) is 1. The van der Waals surface area contributed by atoms with Crippen LogP contribution in [0.25, 0.3) is 0 Å². The zero-order chi connectivity index (χ0) is 22.3. The molecular weight excluding hydrogens is 425 g/mol. The second kappa shape index (κ2) is 10.3. The Labute approximate surface area is 176 Å². The quantitative estimate of drug-likeness (QED) is 0.417. The van der Waals surface area contributed by atoms with Gasteiger partial charge in [-0.1, -0.05) is 18.5 Å². The van der Waals surface area contributed by atoms with Crippen molar-refractivity contribution in [1.82, 2.24) is 4.98 Å². The van der Waals surface area contributed by atoms with E-state index >= 15 is 0 Å². The molecule has 2 rings (SSSR count). The van der Waals surface area contributed by atoms with Crippen LogP contribution in [0.5, 0.6) is 11.5 Å². The highest BCUT2D eigenvalue weighted by atomic mass is 35.5. The number of aromatic nitrogens is 1. The van der Waals surface area contributed by atoms with Gasteiger partial charge in [0.25, 0.3) is 0 Å². The summed E-state index contributed by atoms with van der Waals surface area (Å²) < 4.78 is 45.9. The summed E-state index contributed by atoms with van der Waals surface area (Å²) in [6.07, 6.45) is -4.00. The van der Waals surface area contributed by atoms with Crippen molar-refractivity contribution in [2.75, 3.05) is 11.9 Å². The summed E-state index contributed by atoms with van der Waals surface area (Å²) in [5.41, 5.74) is 1.01. The van der Waals surface area contributed by atoms with Crippen LogP contribution in [0.2, 0.25) is 5.02 Å². The summed E-state index contributed by atoms with van der Waals surface area (Å²) in [5.74, 6) is -0.314. The maximum Gasteiger partial charge on any atom is 0.573 e. The maximum atomic E-state index is 12.4. The monoisotopic (exact) mass is 444 g/mol. The second-order valence-electron chi connectivity index (χ2n) is 6.30. The van der Waals surface area contributed by atoms with E-state index in [0.29, 0.717) is 29.9 Å². The van der Waals surface area contributed by atoms with Gasteiger partial charge in [-0.05, 0) is 37.6 Å².